The van der Waals surface area contributed by atoms with Crippen molar-refractivity contribution in [2.45, 2.75) is 26.2 Å². The van der Waals surface area contributed by atoms with Gasteiger partial charge < -0.3 is 10.6 Å². The van der Waals surface area contributed by atoms with E-state index >= 15 is 0 Å². The van der Waals surface area contributed by atoms with Crippen molar-refractivity contribution in [1.82, 2.24) is 4.90 Å². The maximum absolute atomic E-state index is 11.8. The van der Waals surface area contributed by atoms with Gasteiger partial charge in [-0.05, 0) is 36.1 Å². The highest BCUT2D eigenvalue weighted by Gasteiger charge is 2.16. The van der Waals surface area contributed by atoms with E-state index in [2.05, 4.69) is 6.08 Å². The predicted molar refractivity (Wildman–Crippen MR) is 74.9 cm³/mol. The first kappa shape index (κ1) is 12.7. The van der Waals surface area contributed by atoms with Crippen LogP contribution in [0.5, 0.6) is 0 Å². The Morgan fingerprint density at radius 3 is 2.61 bits per heavy atom. The Kier molecular flexibility index (Phi) is 4.03. The van der Waals surface area contributed by atoms with E-state index in [4.69, 9.17) is 5.73 Å². The number of nitrogens with two attached hydrogens (primary N) is 1. The number of carbonyl (C=O) groups is 1. The summed E-state index contributed by atoms with van der Waals surface area (Å²) in [6.07, 6.45) is 4.66. The van der Waals surface area contributed by atoms with Crippen molar-refractivity contribution in [3.05, 3.63) is 35.9 Å². The Labute approximate surface area is 108 Å². The van der Waals surface area contributed by atoms with Gasteiger partial charge in [0.1, 0.15) is 0 Å². The first-order valence-electron chi connectivity index (χ1n) is 6.53. The number of anilines is 1. The number of nitrogen functional groups attached to an aromatic ring is 1. The predicted octanol–water partition coefficient (Wildman–Crippen LogP) is 2.68. The second kappa shape index (κ2) is 5.71. The minimum atomic E-state index is 0.269. The molecule has 1 aliphatic heterocycles. The van der Waals surface area contributed by atoms with Gasteiger partial charge in [0, 0.05) is 25.2 Å². The molecule has 1 aromatic rings. The zero-order chi connectivity index (χ0) is 13.0. The van der Waals surface area contributed by atoms with Crippen LogP contribution in [0.2, 0.25) is 0 Å². The standard InChI is InChI=1S/C15H20N2O/c1-2-3-15(18)17-10-8-13(9-11-17)12-4-6-14(16)7-5-12/h4-8H,2-3,9-11,16H2,1H3. The van der Waals surface area contributed by atoms with E-state index in [1.54, 1.807) is 0 Å². The first-order chi connectivity index (χ1) is 8.70. The Hall–Kier alpha value is -1.77. The molecule has 3 heteroatoms. The van der Waals surface area contributed by atoms with Gasteiger partial charge in [0.2, 0.25) is 5.91 Å². The second-order valence-corrected chi connectivity index (χ2v) is 4.69. The number of nitrogens with zero attached hydrogens (tertiary/aromatic N) is 1. The molecule has 1 heterocycles. The molecule has 0 fully saturated rings. The average molecular weight is 244 g/mol. The number of rotatable bonds is 3. The van der Waals surface area contributed by atoms with Crippen LogP contribution in [0.3, 0.4) is 0 Å². The lowest BCUT2D eigenvalue weighted by Gasteiger charge is -2.26. The highest BCUT2D eigenvalue weighted by Crippen LogP contribution is 2.23. The van der Waals surface area contributed by atoms with Crippen molar-refractivity contribution in [3.63, 3.8) is 0 Å². The molecule has 1 aliphatic rings. The number of benzene rings is 1. The Balaban J connectivity index is 2.02. The first-order valence-corrected chi connectivity index (χ1v) is 6.53. The molecule has 0 saturated heterocycles. The van der Waals surface area contributed by atoms with Gasteiger partial charge in [-0.3, -0.25) is 4.79 Å². The van der Waals surface area contributed by atoms with Gasteiger partial charge in [0.15, 0.2) is 0 Å². The molecular formula is C15H20N2O. The summed E-state index contributed by atoms with van der Waals surface area (Å²) in [5, 5.41) is 0. The lowest BCUT2D eigenvalue weighted by molar-refractivity contribution is -0.130. The van der Waals surface area contributed by atoms with Gasteiger partial charge in [0.05, 0.1) is 0 Å². The summed E-state index contributed by atoms with van der Waals surface area (Å²) in [5.74, 6) is 0.269. The molecule has 0 unspecified atom stereocenters. The summed E-state index contributed by atoms with van der Waals surface area (Å²) in [6, 6.07) is 7.94. The zero-order valence-electron chi connectivity index (χ0n) is 10.9. The normalized spacial score (nSPS) is 15.4. The van der Waals surface area contributed by atoms with Crippen molar-refractivity contribution < 1.29 is 4.79 Å². The molecule has 0 saturated carbocycles. The minimum absolute atomic E-state index is 0.269. The Bertz CT molecular complexity index is 448. The van der Waals surface area contributed by atoms with Crippen molar-refractivity contribution >= 4 is 17.2 Å². The summed E-state index contributed by atoms with van der Waals surface area (Å²) < 4.78 is 0. The number of carbonyl (C=O) groups excluding carboxylic acids is 1. The Morgan fingerprint density at radius 1 is 1.33 bits per heavy atom. The molecular weight excluding hydrogens is 224 g/mol. The van der Waals surface area contributed by atoms with Crippen LogP contribution < -0.4 is 5.73 Å². The van der Waals surface area contributed by atoms with Crippen molar-refractivity contribution in [3.8, 4) is 0 Å². The molecule has 2 N–H and O–H groups in total. The third-order valence-electron chi connectivity index (χ3n) is 3.31. The van der Waals surface area contributed by atoms with E-state index in [-0.39, 0.29) is 5.91 Å². The van der Waals surface area contributed by atoms with E-state index < -0.39 is 0 Å². The van der Waals surface area contributed by atoms with Gasteiger partial charge in [-0.2, -0.15) is 0 Å². The van der Waals surface area contributed by atoms with Gasteiger partial charge in [-0.1, -0.05) is 25.1 Å². The van der Waals surface area contributed by atoms with Gasteiger partial charge in [-0.15, -0.1) is 0 Å². The largest absolute Gasteiger partial charge is 0.399 e. The molecule has 1 aromatic carbocycles. The summed E-state index contributed by atoms with van der Waals surface area (Å²) in [7, 11) is 0. The summed E-state index contributed by atoms with van der Waals surface area (Å²) in [5.41, 5.74) is 9.00. The topological polar surface area (TPSA) is 46.3 Å². The molecule has 0 radical (unpaired) electrons. The van der Waals surface area contributed by atoms with Crippen molar-refractivity contribution in [2.75, 3.05) is 18.8 Å². The molecule has 0 aromatic heterocycles. The van der Waals surface area contributed by atoms with Crippen LogP contribution in [-0.4, -0.2) is 23.9 Å². The fourth-order valence-corrected chi connectivity index (χ4v) is 2.23. The molecule has 0 bridgehead atoms. The van der Waals surface area contributed by atoms with E-state index in [9.17, 15) is 4.79 Å². The molecule has 18 heavy (non-hydrogen) atoms. The minimum Gasteiger partial charge on any atom is -0.399 e. The highest BCUT2D eigenvalue weighted by atomic mass is 16.2. The lowest BCUT2D eigenvalue weighted by atomic mass is 9.99. The van der Waals surface area contributed by atoms with Crippen LogP contribution >= 0.6 is 0 Å². The van der Waals surface area contributed by atoms with E-state index in [1.165, 1.54) is 11.1 Å². The molecule has 0 spiro atoms. The fraction of sp³-hybridized carbons (Fsp3) is 0.400. The smallest absolute Gasteiger partial charge is 0.222 e. The van der Waals surface area contributed by atoms with Crippen LogP contribution in [-0.2, 0) is 4.79 Å². The lowest BCUT2D eigenvalue weighted by Crippen LogP contribution is -2.34. The van der Waals surface area contributed by atoms with Crippen LogP contribution in [0.1, 0.15) is 31.7 Å². The quantitative estimate of drug-likeness (QED) is 0.831. The SMILES string of the molecule is CCCC(=O)N1CC=C(c2ccc(N)cc2)CC1. The molecule has 96 valence electrons. The van der Waals surface area contributed by atoms with Crippen LogP contribution in [0.15, 0.2) is 30.3 Å². The molecule has 3 nitrogen and oxygen atoms in total. The van der Waals surface area contributed by atoms with Gasteiger partial charge in [0.25, 0.3) is 0 Å². The van der Waals surface area contributed by atoms with Gasteiger partial charge in [-0.25, -0.2) is 0 Å². The Morgan fingerprint density at radius 2 is 2.06 bits per heavy atom. The third-order valence-corrected chi connectivity index (χ3v) is 3.31. The number of hydrogen-bond acceptors (Lipinski definition) is 2. The fourth-order valence-electron chi connectivity index (χ4n) is 2.23. The number of amides is 1. The maximum Gasteiger partial charge on any atom is 0.222 e. The summed E-state index contributed by atoms with van der Waals surface area (Å²) in [4.78, 5) is 13.7. The monoisotopic (exact) mass is 244 g/mol. The van der Waals surface area contributed by atoms with E-state index in [0.717, 1.165) is 31.6 Å². The average Bonchev–Trinajstić information content (AvgIpc) is 2.40. The van der Waals surface area contributed by atoms with Crippen molar-refractivity contribution in [2.24, 2.45) is 0 Å². The second-order valence-electron chi connectivity index (χ2n) is 4.69. The third kappa shape index (κ3) is 2.92. The molecule has 0 atom stereocenters. The summed E-state index contributed by atoms with van der Waals surface area (Å²) >= 11 is 0. The highest BCUT2D eigenvalue weighted by molar-refractivity contribution is 5.78. The molecule has 1 amide bonds. The maximum atomic E-state index is 11.8. The van der Waals surface area contributed by atoms with Crippen LogP contribution in [0.4, 0.5) is 5.69 Å². The van der Waals surface area contributed by atoms with Crippen LogP contribution in [0, 0.1) is 0 Å². The van der Waals surface area contributed by atoms with E-state index in [1.807, 2.05) is 36.1 Å². The molecule has 0 aliphatic carbocycles. The zero-order valence-corrected chi connectivity index (χ0v) is 10.9. The van der Waals surface area contributed by atoms with E-state index in [0.29, 0.717) is 6.42 Å². The van der Waals surface area contributed by atoms with Crippen molar-refractivity contribution in [1.29, 1.82) is 0 Å². The van der Waals surface area contributed by atoms with Crippen LogP contribution in [0.25, 0.3) is 5.57 Å². The van der Waals surface area contributed by atoms with Gasteiger partial charge >= 0.3 is 0 Å². The molecule has 2 rings (SSSR count). The summed E-state index contributed by atoms with van der Waals surface area (Å²) in [6.45, 7) is 3.60. The number of hydrogen-bond donors (Lipinski definition) is 1.